The van der Waals surface area contributed by atoms with E-state index in [0.29, 0.717) is 12.4 Å². The normalized spacial score (nSPS) is 14.7. The quantitative estimate of drug-likeness (QED) is 0.315. The van der Waals surface area contributed by atoms with E-state index in [0.717, 1.165) is 6.54 Å². The summed E-state index contributed by atoms with van der Waals surface area (Å²) in [6.07, 6.45) is 2.12. The molecule has 0 aromatic heterocycles. The van der Waals surface area contributed by atoms with Crippen molar-refractivity contribution in [1.82, 2.24) is 4.81 Å². The minimum atomic E-state index is 0. The average Bonchev–Trinajstić information content (AvgIpc) is 2.11. The van der Waals surface area contributed by atoms with Crippen molar-refractivity contribution >= 4 is 6.85 Å². The molecule has 0 aromatic carbocycles. The molecular weight excluding hydrogens is 318 g/mol. The van der Waals surface area contributed by atoms with Gasteiger partial charge in [0.25, 0.3) is 0 Å². The molecule has 0 atom stereocenters. The molecule has 0 amide bonds. The van der Waals surface area contributed by atoms with Crippen LogP contribution >= 0.6 is 0 Å². The Balaban J connectivity index is -0.000000125. The molecule has 0 fully saturated rings. The van der Waals surface area contributed by atoms with Crippen LogP contribution in [0.3, 0.4) is 0 Å². The van der Waals surface area contributed by atoms with Gasteiger partial charge in [0, 0.05) is 6.85 Å². The molecule has 6 heteroatoms. The standard InChI is InChI=1S/C8H15BN.3ClH.Zr/c1-8(2,3)10-7-5-6-9(10)4;;;;/h5H,7H2,1-4H3;3*1H;/q-1;;;;+4/p-3. The second-order valence-electron chi connectivity index (χ2n) is 3.87. The van der Waals surface area contributed by atoms with Crippen molar-refractivity contribution in [2.75, 3.05) is 6.54 Å². The zero-order chi connectivity index (χ0) is 7.78. The first-order chi connectivity index (χ1) is 4.52. The summed E-state index contributed by atoms with van der Waals surface area (Å²) in [7, 11) is 0. The predicted molar refractivity (Wildman–Crippen MR) is 45.9 cm³/mol. The van der Waals surface area contributed by atoms with Crippen LogP contribution in [0.15, 0.2) is 6.08 Å². The second-order valence-corrected chi connectivity index (χ2v) is 3.87. The van der Waals surface area contributed by atoms with Crippen molar-refractivity contribution in [3.8, 4) is 0 Å². The number of hydrogen-bond acceptors (Lipinski definition) is 1. The van der Waals surface area contributed by atoms with Crippen LogP contribution in [-0.4, -0.2) is 23.7 Å². The fraction of sp³-hybridized carbons (Fsp3) is 0.750. The maximum atomic E-state index is 3.28. The molecule has 0 aromatic rings. The molecular formula is C8H15BCl3NZr. The van der Waals surface area contributed by atoms with E-state index in [1.807, 2.05) is 0 Å². The molecule has 0 aliphatic carbocycles. The summed E-state index contributed by atoms with van der Waals surface area (Å²) in [5, 5.41) is 0. The van der Waals surface area contributed by atoms with Crippen LogP contribution < -0.4 is 37.2 Å². The maximum absolute atomic E-state index is 3.28. The van der Waals surface area contributed by atoms with Gasteiger partial charge in [0.2, 0.25) is 0 Å². The van der Waals surface area contributed by atoms with Crippen molar-refractivity contribution in [3.63, 3.8) is 0 Å². The molecule has 80 valence electrons. The summed E-state index contributed by atoms with van der Waals surface area (Å²) in [5.74, 6) is 3.28. The van der Waals surface area contributed by atoms with E-state index in [1.165, 1.54) is 0 Å². The molecule has 0 spiro atoms. The zero-order valence-electron chi connectivity index (χ0n) is 8.94. The molecule has 1 nitrogen and oxygen atoms in total. The largest absolute Gasteiger partial charge is 4.00 e. The average molecular weight is 334 g/mol. The molecule has 1 heterocycles. The second kappa shape index (κ2) is 9.72. The Morgan fingerprint density at radius 2 is 1.64 bits per heavy atom. The first-order valence-corrected chi connectivity index (χ1v) is 3.86. The third-order valence-electron chi connectivity index (χ3n) is 1.98. The van der Waals surface area contributed by atoms with Crippen molar-refractivity contribution < 1.29 is 63.4 Å². The third kappa shape index (κ3) is 6.90. The number of halogens is 3. The molecule has 1 aliphatic rings. The van der Waals surface area contributed by atoms with Gasteiger partial charge >= 0.3 is 26.2 Å². The predicted octanol–water partition coefficient (Wildman–Crippen LogP) is -7.37. The van der Waals surface area contributed by atoms with E-state index in [4.69, 9.17) is 0 Å². The summed E-state index contributed by atoms with van der Waals surface area (Å²) in [4.78, 5) is 2.42. The topological polar surface area (TPSA) is 3.24 Å². The minimum Gasteiger partial charge on any atom is -1.00 e. The van der Waals surface area contributed by atoms with Gasteiger partial charge in [0.15, 0.2) is 0 Å². The van der Waals surface area contributed by atoms with Crippen LogP contribution in [0.4, 0.5) is 0 Å². The van der Waals surface area contributed by atoms with Crippen LogP contribution in [0, 0.1) is 5.98 Å². The molecule has 0 N–H and O–H groups in total. The fourth-order valence-corrected chi connectivity index (χ4v) is 1.42. The molecule has 0 saturated carbocycles. The first kappa shape index (κ1) is 24.7. The number of nitrogens with zero attached hydrogens (tertiary/aromatic N) is 1. The fourth-order valence-electron chi connectivity index (χ4n) is 1.42. The van der Waals surface area contributed by atoms with Crippen molar-refractivity contribution in [2.45, 2.75) is 33.1 Å². The third-order valence-corrected chi connectivity index (χ3v) is 1.98. The van der Waals surface area contributed by atoms with Crippen LogP contribution in [0.25, 0.3) is 0 Å². The first-order valence-electron chi connectivity index (χ1n) is 3.86. The molecule has 0 radical (unpaired) electrons. The van der Waals surface area contributed by atoms with E-state index in [9.17, 15) is 0 Å². The van der Waals surface area contributed by atoms with E-state index >= 15 is 0 Å². The van der Waals surface area contributed by atoms with E-state index in [1.54, 1.807) is 0 Å². The van der Waals surface area contributed by atoms with Crippen LogP contribution in [-0.2, 0) is 26.2 Å². The van der Waals surface area contributed by atoms with Crippen molar-refractivity contribution in [2.24, 2.45) is 0 Å². The number of hydrogen-bond donors (Lipinski definition) is 0. The molecule has 0 unspecified atom stereocenters. The Kier molecular flexibility index (Phi) is 17.1. The van der Waals surface area contributed by atoms with Gasteiger partial charge in [0.1, 0.15) is 0 Å². The summed E-state index contributed by atoms with van der Waals surface area (Å²) < 4.78 is 0. The van der Waals surface area contributed by atoms with Crippen molar-refractivity contribution in [3.05, 3.63) is 12.1 Å². The van der Waals surface area contributed by atoms with Crippen LogP contribution in [0.1, 0.15) is 20.8 Å². The molecule has 1 aliphatic heterocycles. The Morgan fingerprint density at radius 3 is 1.79 bits per heavy atom. The smallest absolute Gasteiger partial charge is 1.00 e. The van der Waals surface area contributed by atoms with E-state index in [-0.39, 0.29) is 63.4 Å². The van der Waals surface area contributed by atoms with E-state index in [2.05, 4.69) is 44.5 Å². The maximum Gasteiger partial charge on any atom is 4.00 e. The zero-order valence-corrected chi connectivity index (χ0v) is 13.7. The summed E-state index contributed by atoms with van der Waals surface area (Å²) in [6, 6.07) is 0. The summed E-state index contributed by atoms with van der Waals surface area (Å²) >= 11 is 0. The summed E-state index contributed by atoms with van der Waals surface area (Å²) in [5.41, 5.74) is 0.291. The van der Waals surface area contributed by atoms with Crippen molar-refractivity contribution in [1.29, 1.82) is 0 Å². The van der Waals surface area contributed by atoms with E-state index < -0.39 is 0 Å². The molecule has 0 saturated heterocycles. The molecule has 1 rings (SSSR count). The minimum absolute atomic E-state index is 0. The van der Waals surface area contributed by atoms with Crippen LogP contribution in [0.5, 0.6) is 0 Å². The van der Waals surface area contributed by atoms with Gasteiger partial charge in [-0.15, -0.1) is 0 Å². The van der Waals surface area contributed by atoms with Gasteiger partial charge in [-0.2, -0.15) is 0 Å². The Labute approximate surface area is 126 Å². The van der Waals surface area contributed by atoms with Gasteiger partial charge < -0.3 is 48.0 Å². The van der Waals surface area contributed by atoms with Gasteiger partial charge in [-0.1, -0.05) is 6.82 Å². The van der Waals surface area contributed by atoms with Gasteiger partial charge in [-0.05, 0) is 32.9 Å². The van der Waals surface area contributed by atoms with Crippen LogP contribution in [0.2, 0.25) is 6.82 Å². The Hall–Kier alpha value is 1.52. The monoisotopic (exact) mass is 331 g/mol. The Bertz CT molecular complexity index is 161. The summed E-state index contributed by atoms with van der Waals surface area (Å²) in [6.45, 7) is 10.5. The van der Waals surface area contributed by atoms with Gasteiger partial charge in [-0.3, -0.25) is 6.08 Å². The van der Waals surface area contributed by atoms with Gasteiger partial charge in [-0.25, -0.2) is 0 Å². The number of rotatable bonds is 0. The SMILES string of the molecule is CB1[C-]=CCN1C(C)(C)C.[Cl-].[Cl-].[Cl-].[Zr+4]. The Morgan fingerprint density at radius 1 is 1.21 bits per heavy atom. The molecule has 0 bridgehead atoms. The van der Waals surface area contributed by atoms with Gasteiger partial charge in [0.05, 0.1) is 0 Å². The molecule has 14 heavy (non-hydrogen) atoms.